The van der Waals surface area contributed by atoms with Crippen LogP contribution in [0.5, 0.6) is 0 Å². The fourth-order valence-electron chi connectivity index (χ4n) is 2.55. The number of nitrogens with one attached hydrogen (secondary N) is 1. The Hall–Kier alpha value is -2.28. The highest BCUT2D eigenvalue weighted by Crippen LogP contribution is 2.29. The summed E-state index contributed by atoms with van der Waals surface area (Å²) in [6, 6.07) is 1.91. The first kappa shape index (κ1) is 14.6. The second kappa shape index (κ2) is 5.84. The molecule has 0 saturated heterocycles. The first-order chi connectivity index (χ1) is 10.7. The van der Waals surface area contributed by atoms with Gasteiger partial charge in [0.05, 0.1) is 22.6 Å². The lowest BCUT2D eigenvalue weighted by Crippen LogP contribution is -2.16. The average molecular weight is 315 g/mol. The maximum absolute atomic E-state index is 12.3. The van der Waals surface area contributed by atoms with E-state index < -0.39 is 0 Å². The van der Waals surface area contributed by atoms with Gasteiger partial charge in [0, 0.05) is 18.6 Å². The SMILES string of the molecule is CCc1n[nH]c(=O)c(-c2nc(-c3ccnn3C)cs2)c1CC. The molecule has 0 atom stereocenters. The van der Waals surface area contributed by atoms with Crippen LogP contribution in [0.4, 0.5) is 0 Å². The molecule has 0 saturated carbocycles. The van der Waals surface area contributed by atoms with Crippen LogP contribution in [0, 0.1) is 0 Å². The van der Waals surface area contributed by atoms with Crippen molar-refractivity contribution >= 4 is 11.3 Å². The first-order valence-corrected chi connectivity index (χ1v) is 8.08. The van der Waals surface area contributed by atoms with Gasteiger partial charge in [-0.25, -0.2) is 10.1 Å². The smallest absolute Gasteiger partial charge is 0.267 e. The Bertz CT molecular complexity index is 861. The molecule has 0 aliphatic carbocycles. The van der Waals surface area contributed by atoms with Crippen molar-refractivity contribution in [2.45, 2.75) is 26.7 Å². The van der Waals surface area contributed by atoms with Crippen LogP contribution in [0.3, 0.4) is 0 Å². The predicted octanol–water partition coefficient (Wildman–Crippen LogP) is 2.42. The molecule has 0 aliphatic rings. The largest absolute Gasteiger partial charge is 0.274 e. The minimum atomic E-state index is -0.181. The Morgan fingerprint density at radius 3 is 2.77 bits per heavy atom. The highest BCUT2D eigenvalue weighted by atomic mass is 32.1. The van der Waals surface area contributed by atoms with E-state index in [9.17, 15) is 4.79 Å². The van der Waals surface area contributed by atoms with Gasteiger partial charge in [-0.15, -0.1) is 11.3 Å². The normalized spacial score (nSPS) is 11.0. The molecule has 1 N–H and O–H groups in total. The van der Waals surface area contributed by atoms with Crippen LogP contribution < -0.4 is 5.56 Å². The molecule has 0 spiro atoms. The molecule has 7 heteroatoms. The van der Waals surface area contributed by atoms with Crippen molar-refractivity contribution in [1.82, 2.24) is 25.0 Å². The van der Waals surface area contributed by atoms with Crippen molar-refractivity contribution in [3.8, 4) is 22.0 Å². The van der Waals surface area contributed by atoms with Crippen molar-refractivity contribution < 1.29 is 0 Å². The van der Waals surface area contributed by atoms with Crippen molar-refractivity contribution in [1.29, 1.82) is 0 Å². The van der Waals surface area contributed by atoms with Gasteiger partial charge in [-0.2, -0.15) is 10.2 Å². The third kappa shape index (κ3) is 2.37. The Labute approximate surface area is 131 Å². The van der Waals surface area contributed by atoms with Gasteiger partial charge in [-0.05, 0) is 24.5 Å². The molecular formula is C15H17N5OS. The number of hydrogen-bond donors (Lipinski definition) is 1. The summed E-state index contributed by atoms with van der Waals surface area (Å²) in [4.78, 5) is 16.9. The molecular weight excluding hydrogens is 298 g/mol. The van der Waals surface area contributed by atoms with Gasteiger partial charge in [0.2, 0.25) is 0 Å². The van der Waals surface area contributed by atoms with Crippen LogP contribution >= 0.6 is 11.3 Å². The van der Waals surface area contributed by atoms with Crippen LogP contribution in [-0.4, -0.2) is 25.0 Å². The summed E-state index contributed by atoms with van der Waals surface area (Å²) in [5.74, 6) is 0. The lowest BCUT2D eigenvalue weighted by molar-refractivity contribution is 0.774. The summed E-state index contributed by atoms with van der Waals surface area (Å²) in [6.45, 7) is 4.07. The summed E-state index contributed by atoms with van der Waals surface area (Å²) in [5, 5.41) is 13.6. The van der Waals surface area contributed by atoms with Crippen molar-refractivity contribution in [2.75, 3.05) is 0 Å². The zero-order valence-electron chi connectivity index (χ0n) is 12.8. The number of nitrogens with zero attached hydrogens (tertiary/aromatic N) is 4. The van der Waals surface area contributed by atoms with Gasteiger partial charge < -0.3 is 0 Å². The minimum Gasteiger partial charge on any atom is -0.267 e. The van der Waals surface area contributed by atoms with E-state index in [0.29, 0.717) is 5.56 Å². The summed E-state index contributed by atoms with van der Waals surface area (Å²) < 4.78 is 1.77. The zero-order valence-corrected chi connectivity index (χ0v) is 13.6. The van der Waals surface area contributed by atoms with Gasteiger partial charge >= 0.3 is 0 Å². The molecule has 3 aromatic rings. The Morgan fingerprint density at radius 1 is 1.32 bits per heavy atom. The predicted molar refractivity (Wildman–Crippen MR) is 86.9 cm³/mol. The fourth-order valence-corrected chi connectivity index (χ4v) is 3.44. The molecule has 0 amide bonds. The number of rotatable bonds is 4. The summed E-state index contributed by atoms with van der Waals surface area (Å²) in [5.41, 5.74) is 4.14. The molecule has 3 rings (SSSR count). The van der Waals surface area contributed by atoms with Crippen LogP contribution in [0.1, 0.15) is 25.1 Å². The highest BCUT2D eigenvalue weighted by molar-refractivity contribution is 7.13. The topological polar surface area (TPSA) is 76.5 Å². The van der Waals surface area contributed by atoms with Crippen LogP contribution in [0.15, 0.2) is 22.4 Å². The van der Waals surface area contributed by atoms with Crippen LogP contribution in [0.25, 0.3) is 22.0 Å². The van der Waals surface area contributed by atoms with E-state index >= 15 is 0 Å². The number of aromatic amines is 1. The highest BCUT2D eigenvalue weighted by Gasteiger charge is 2.18. The third-order valence-electron chi connectivity index (χ3n) is 3.66. The van der Waals surface area contributed by atoms with E-state index in [0.717, 1.165) is 40.5 Å². The molecule has 3 heterocycles. The maximum Gasteiger partial charge on any atom is 0.274 e. The first-order valence-electron chi connectivity index (χ1n) is 7.20. The van der Waals surface area contributed by atoms with Crippen molar-refractivity contribution in [3.05, 3.63) is 39.3 Å². The van der Waals surface area contributed by atoms with Gasteiger partial charge in [-0.3, -0.25) is 9.48 Å². The van der Waals surface area contributed by atoms with Gasteiger partial charge in [0.15, 0.2) is 0 Å². The van der Waals surface area contributed by atoms with E-state index in [4.69, 9.17) is 0 Å². The molecule has 6 nitrogen and oxygen atoms in total. The number of aromatic nitrogens is 5. The van der Waals surface area contributed by atoms with E-state index in [1.807, 2.05) is 32.3 Å². The molecule has 0 bridgehead atoms. The van der Waals surface area contributed by atoms with Crippen LogP contribution in [0.2, 0.25) is 0 Å². The average Bonchev–Trinajstić information content (AvgIpc) is 3.15. The quantitative estimate of drug-likeness (QED) is 0.802. The summed E-state index contributed by atoms with van der Waals surface area (Å²) >= 11 is 1.47. The number of H-pyrrole nitrogens is 1. The van der Waals surface area contributed by atoms with E-state index in [1.54, 1.807) is 10.9 Å². The number of hydrogen-bond acceptors (Lipinski definition) is 5. The molecule has 0 unspecified atom stereocenters. The second-order valence-electron chi connectivity index (χ2n) is 4.94. The van der Waals surface area contributed by atoms with E-state index in [-0.39, 0.29) is 5.56 Å². The Morgan fingerprint density at radius 2 is 2.14 bits per heavy atom. The van der Waals surface area contributed by atoms with Crippen molar-refractivity contribution in [3.63, 3.8) is 0 Å². The minimum absolute atomic E-state index is 0.181. The molecule has 0 aromatic carbocycles. The summed E-state index contributed by atoms with van der Waals surface area (Å²) in [6.07, 6.45) is 3.28. The molecule has 3 aromatic heterocycles. The fraction of sp³-hybridized carbons (Fsp3) is 0.333. The van der Waals surface area contributed by atoms with Gasteiger partial charge in [-0.1, -0.05) is 13.8 Å². The number of thiazole rings is 1. The summed E-state index contributed by atoms with van der Waals surface area (Å²) in [7, 11) is 1.88. The molecule has 114 valence electrons. The van der Waals surface area contributed by atoms with Gasteiger partial charge in [0.25, 0.3) is 5.56 Å². The standard InChI is InChI=1S/C15H17N5OS/c1-4-9-10(5-2)18-19-14(21)13(9)15-17-11(8-22-15)12-6-7-16-20(12)3/h6-8H,4-5H2,1-3H3,(H,19,21). The Kier molecular flexibility index (Phi) is 3.89. The molecule has 0 aliphatic heterocycles. The molecule has 0 radical (unpaired) electrons. The zero-order chi connectivity index (χ0) is 15.7. The number of aryl methyl sites for hydroxylation is 2. The molecule has 22 heavy (non-hydrogen) atoms. The van der Waals surface area contributed by atoms with E-state index in [1.165, 1.54) is 11.3 Å². The Balaban J connectivity index is 2.15. The van der Waals surface area contributed by atoms with Gasteiger partial charge in [0.1, 0.15) is 5.01 Å². The third-order valence-corrected chi connectivity index (χ3v) is 4.52. The lowest BCUT2D eigenvalue weighted by Gasteiger charge is -2.08. The van der Waals surface area contributed by atoms with Crippen molar-refractivity contribution in [2.24, 2.45) is 7.05 Å². The monoisotopic (exact) mass is 315 g/mol. The van der Waals surface area contributed by atoms with Crippen LogP contribution in [-0.2, 0) is 19.9 Å². The molecule has 0 fully saturated rings. The second-order valence-corrected chi connectivity index (χ2v) is 5.80. The maximum atomic E-state index is 12.3. The lowest BCUT2D eigenvalue weighted by atomic mass is 10.0. The van der Waals surface area contributed by atoms with E-state index in [2.05, 4.69) is 20.3 Å².